The largest absolute Gasteiger partial charge is 0.505 e. The third-order valence-electron chi connectivity index (χ3n) is 4.70. The van der Waals surface area contributed by atoms with E-state index in [-0.39, 0.29) is 47.9 Å². The standard InChI is InChI=1S/C16H21N3O5S/c1-10(2)15(21)18-6-7-19(12-9-25(23,24)8-11(12)18)16(22)14-13(20)4-3-5-17-14/h3-5,10-12,20H,6-9H2,1-2H3/t11-,12+/m0/s1. The van der Waals surface area contributed by atoms with Crippen molar-refractivity contribution in [2.24, 2.45) is 5.92 Å². The summed E-state index contributed by atoms with van der Waals surface area (Å²) in [5.41, 5.74) is -0.103. The van der Waals surface area contributed by atoms with Crippen LogP contribution >= 0.6 is 0 Å². The van der Waals surface area contributed by atoms with E-state index in [0.29, 0.717) is 0 Å². The molecular weight excluding hydrogens is 346 g/mol. The van der Waals surface area contributed by atoms with Crippen LogP contribution in [0.5, 0.6) is 5.75 Å². The Balaban J connectivity index is 1.93. The van der Waals surface area contributed by atoms with Crippen molar-refractivity contribution >= 4 is 21.7 Å². The molecule has 2 aliphatic rings. The fourth-order valence-corrected chi connectivity index (χ4v) is 5.49. The molecule has 0 unspecified atom stereocenters. The van der Waals surface area contributed by atoms with E-state index in [1.54, 1.807) is 18.7 Å². The molecule has 3 heterocycles. The lowest BCUT2D eigenvalue weighted by molar-refractivity contribution is -0.139. The van der Waals surface area contributed by atoms with Crippen LogP contribution in [0.25, 0.3) is 0 Å². The molecule has 0 saturated carbocycles. The lowest BCUT2D eigenvalue weighted by atomic mass is 10.0. The molecule has 136 valence electrons. The van der Waals surface area contributed by atoms with Crippen LogP contribution in [-0.4, -0.2) is 76.8 Å². The second-order valence-corrected chi connectivity index (χ2v) is 8.92. The number of hydrogen-bond acceptors (Lipinski definition) is 6. The molecule has 9 heteroatoms. The van der Waals surface area contributed by atoms with Gasteiger partial charge in [0.1, 0.15) is 5.75 Å². The fraction of sp³-hybridized carbons (Fsp3) is 0.562. The summed E-state index contributed by atoms with van der Waals surface area (Å²) >= 11 is 0. The number of pyridine rings is 1. The van der Waals surface area contributed by atoms with Gasteiger partial charge in [0.05, 0.1) is 23.6 Å². The van der Waals surface area contributed by atoms with Gasteiger partial charge in [-0.05, 0) is 12.1 Å². The average molecular weight is 367 g/mol. The van der Waals surface area contributed by atoms with Crippen molar-refractivity contribution in [3.63, 3.8) is 0 Å². The summed E-state index contributed by atoms with van der Waals surface area (Å²) < 4.78 is 24.3. The molecule has 2 atom stereocenters. The monoisotopic (exact) mass is 367 g/mol. The minimum Gasteiger partial charge on any atom is -0.505 e. The summed E-state index contributed by atoms with van der Waals surface area (Å²) in [5, 5.41) is 9.87. The molecular formula is C16H21N3O5S. The molecule has 0 bridgehead atoms. The van der Waals surface area contributed by atoms with Crippen LogP contribution in [0.15, 0.2) is 18.3 Å². The Morgan fingerprint density at radius 1 is 1.20 bits per heavy atom. The Bertz CT molecular complexity index is 808. The molecule has 0 radical (unpaired) electrons. The Morgan fingerprint density at radius 3 is 2.40 bits per heavy atom. The number of aromatic hydroxyl groups is 1. The van der Waals surface area contributed by atoms with Gasteiger partial charge in [-0.2, -0.15) is 0 Å². The van der Waals surface area contributed by atoms with Gasteiger partial charge >= 0.3 is 0 Å². The van der Waals surface area contributed by atoms with Crippen LogP contribution in [0, 0.1) is 5.92 Å². The first-order valence-electron chi connectivity index (χ1n) is 8.17. The first-order chi connectivity index (χ1) is 11.7. The predicted molar refractivity (Wildman–Crippen MR) is 89.7 cm³/mol. The fourth-order valence-electron chi connectivity index (χ4n) is 3.51. The van der Waals surface area contributed by atoms with Crippen molar-refractivity contribution in [2.75, 3.05) is 24.6 Å². The van der Waals surface area contributed by atoms with Gasteiger partial charge in [-0.3, -0.25) is 9.59 Å². The van der Waals surface area contributed by atoms with Gasteiger partial charge in [0.2, 0.25) is 5.91 Å². The lowest BCUT2D eigenvalue weighted by Crippen LogP contribution is -2.62. The van der Waals surface area contributed by atoms with E-state index in [1.807, 2.05) is 0 Å². The Hall–Kier alpha value is -2.16. The Morgan fingerprint density at radius 2 is 1.80 bits per heavy atom. The molecule has 25 heavy (non-hydrogen) atoms. The molecule has 0 spiro atoms. The summed E-state index contributed by atoms with van der Waals surface area (Å²) in [6, 6.07) is 1.70. The van der Waals surface area contributed by atoms with Gasteiger partial charge < -0.3 is 14.9 Å². The van der Waals surface area contributed by atoms with Crippen LogP contribution in [0.2, 0.25) is 0 Å². The molecule has 0 aliphatic carbocycles. The zero-order chi connectivity index (χ0) is 18.4. The third-order valence-corrected chi connectivity index (χ3v) is 6.40. The van der Waals surface area contributed by atoms with Crippen LogP contribution in [0.1, 0.15) is 24.3 Å². The number of amides is 2. The minimum absolute atomic E-state index is 0.103. The van der Waals surface area contributed by atoms with Crippen LogP contribution in [0.3, 0.4) is 0 Å². The maximum absolute atomic E-state index is 12.8. The molecule has 1 N–H and O–H groups in total. The van der Waals surface area contributed by atoms with Gasteiger partial charge in [0.25, 0.3) is 5.91 Å². The molecule has 2 amide bonds. The highest BCUT2D eigenvalue weighted by molar-refractivity contribution is 7.91. The second kappa shape index (κ2) is 6.29. The van der Waals surface area contributed by atoms with E-state index in [2.05, 4.69) is 4.98 Å². The maximum atomic E-state index is 12.8. The first-order valence-corrected chi connectivity index (χ1v) is 9.99. The molecule has 8 nitrogen and oxygen atoms in total. The number of rotatable bonds is 2. The highest BCUT2D eigenvalue weighted by Gasteiger charge is 2.50. The predicted octanol–water partition coefficient (Wildman–Crippen LogP) is -0.107. The Labute approximate surface area is 146 Å². The van der Waals surface area contributed by atoms with Crippen molar-refractivity contribution in [1.82, 2.24) is 14.8 Å². The van der Waals surface area contributed by atoms with E-state index in [9.17, 15) is 23.1 Å². The van der Waals surface area contributed by atoms with E-state index in [4.69, 9.17) is 0 Å². The SMILES string of the molecule is CC(C)C(=O)N1CCN(C(=O)c2ncccc2O)[C@@H]2CS(=O)(=O)C[C@@H]21. The number of carbonyl (C=O) groups excluding carboxylic acids is 2. The van der Waals surface area contributed by atoms with Gasteiger partial charge in [0.15, 0.2) is 15.5 Å². The zero-order valence-corrected chi connectivity index (χ0v) is 14.9. The minimum atomic E-state index is -3.35. The first kappa shape index (κ1) is 17.7. The van der Waals surface area contributed by atoms with E-state index in [1.165, 1.54) is 23.2 Å². The molecule has 3 rings (SSSR count). The number of fused-ring (bicyclic) bond motifs is 1. The van der Waals surface area contributed by atoms with Crippen molar-refractivity contribution in [1.29, 1.82) is 0 Å². The summed E-state index contributed by atoms with van der Waals surface area (Å²) in [4.78, 5) is 32.1. The zero-order valence-electron chi connectivity index (χ0n) is 14.1. The van der Waals surface area contributed by atoms with Crippen molar-refractivity contribution in [3.8, 4) is 5.75 Å². The number of hydrogen-bond donors (Lipinski definition) is 1. The summed E-state index contributed by atoms with van der Waals surface area (Å²) in [5.74, 6) is -1.44. The van der Waals surface area contributed by atoms with Gasteiger partial charge in [-0.15, -0.1) is 0 Å². The van der Waals surface area contributed by atoms with Crippen LogP contribution in [0.4, 0.5) is 0 Å². The molecule has 0 aromatic carbocycles. The molecule has 1 aromatic rings. The topological polar surface area (TPSA) is 108 Å². The van der Waals surface area contributed by atoms with E-state index < -0.39 is 27.8 Å². The number of carbonyl (C=O) groups is 2. The summed E-state index contributed by atoms with van der Waals surface area (Å²) in [7, 11) is -3.35. The van der Waals surface area contributed by atoms with Crippen LogP contribution in [-0.2, 0) is 14.6 Å². The molecule has 2 aliphatic heterocycles. The smallest absolute Gasteiger partial charge is 0.276 e. The summed E-state index contributed by atoms with van der Waals surface area (Å²) in [6.07, 6.45) is 1.40. The van der Waals surface area contributed by atoms with Gasteiger partial charge in [0, 0.05) is 25.2 Å². The van der Waals surface area contributed by atoms with E-state index >= 15 is 0 Å². The third kappa shape index (κ3) is 3.20. The maximum Gasteiger partial charge on any atom is 0.276 e. The normalized spacial score (nSPS) is 25.1. The van der Waals surface area contributed by atoms with Crippen molar-refractivity contribution < 1.29 is 23.1 Å². The number of aromatic nitrogens is 1. The highest BCUT2D eigenvalue weighted by atomic mass is 32.2. The lowest BCUT2D eigenvalue weighted by Gasteiger charge is -2.44. The summed E-state index contributed by atoms with van der Waals surface area (Å²) in [6.45, 7) is 4.02. The van der Waals surface area contributed by atoms with Gasteiger partial charge in [-0.25, -0.2) is 13.4 Å². The number of nitrogens with zero attached hydrogens (tertiary/aromatic N) is 3. The highest BCUT2D eigenvalue weighted by Crippen LogP contribution is 2.30. The average Bonchev–Trinajstić information content (AvgIpc) is 2.87. The van der Waals surface area contributed by atoms with Gasteiger partial charge in [-0.1, -0.05) is 13.8 Å². The second-order valence-electron chi connectivity index (χ2n) is 6.77. The molecule has 2 saturated heterocycles. The molecule has 1 aromatic heterocycles. The quantitative estimate of drug-likeness (QED) is 0.782. The number of piperazine rings is 1. The Kier molecular flexibility index (Phi) is 4.44. The number of sulfone groups is 1. The van der Waals surface area contributed by atoms with Crippen molar-refractivity contribution in [3.05, 3.63) is 24.0 Å². The molecule has 2 fully saturated rings. The van der Waals surface area contributed by atoms with E-state index in [0.717, 1.165) is 0 Å². The van der Waals surface area contributed by atoms with Crippen molar-refractivity contribution in [2.45, 2.75) is 25.9 Å². The van der Waals surface area contributed by atoms with Crippen LogP contribution < -0.4 is 0 Å².